The third kappa shape index (κ3) is 3.64. The van der Waals surface area contributed by atoms with Crippen LogP contribution in [0.3, 0.4) is 0 Å². The quantitative estimate of drug-likeness (QED) is 0.856. The molecule has 0 saturated carbocycles. The van der Waals surface area contributed by atoms with Crippen molar-refractivity contribution in [1.82, 2.24) is 0 Å². The molecule has 0 spiro atoms. The van der Waals surface area contributed by atoms with Gasteiger partial charge in [0.25, 0.3) is 0 Å². The topological polar surface area (TPSA) is 52.3 Å². The summed E-state index contributed by atoms with van der Waals surface area (Å²) in [5, 5.41) is 0. The van der Waals surface area contributed by atoms with Crippen LogP contribution in [-0.2, 0) is 15.1 Å². The van der Waals surface area contributed by atoms with E-state index in [0.717, 1.165) is 37.9 Å². The van der Waals surface area contributed by atoms with Crippen LogP contribution in [0.25, 0.3) is 0 Å². The van der Waals surface area contributed by atoms with Crippen LogP contribution in [0.15, 0.2) is 30.3 Å². The number of ether oxygens (including phenoxy) is 1. The lowest BCUT2D eigenvalue weighted by molar-refractivity contribution is -0.124. The molecule has 0 aromatic heterocycles. The zero-order valence-electron chi connectivity index (χ0n) is 11.6. The molecule has 104 valence electrons. The van der Waals surface area contributed by atoms with E-state index >= 15 is 0 Å². The Morgan fingerprint density at radius 3 is 2.79 bits per heavy atom. The van der Waals surface area contributed by atoms with Crippen LogP contribution >= 0.6 is 0 Å². The second kappa shape index (κ2) is 6.31. The number of hydrogen-bond acceptors (Lipinski definition) is 3. The maximum absolute atomic E-state index is 12.3. The largest absolute Gasteiger partial charge is 0.378 e. The smallest absolute Gasteiger partial charge is 0.156 e. The first-order valence-electron chi connectivity index (χ1n) is 7.10. The lowest BCUT2D eigenvalue weighted by Crippen LogP contribution is -2.41. The van der Waals surface area contributed by atoms with Gasteiger partial charge >= 0.3 is 0 Å². The van der Waals surface area contributed by atoms with Gasteiger partial charge in [0.1, 0.15) is 0 Å². The number of nitrogens with two attached hydrogens (primary N) is 1. The molecule has 0 bridgehead atoms. The average molecular weight is 261 g/mol. The van der Waals surface area contributed by atoms with E-state index in [1.165, 1.54) is 0 Å². The summed E-state index contributed by atoms with van der Waals surface area (Å²) in [7, 11) is 0. The highest BCUT2D eigenvalue weighted by atomic mass is 16.5. The molecule has 2 N–H and O–H groups in total. The van der Waals surface area contributed by atoms with Crippen molar-refractivity contribution in [3.05, 3.63) is 35.9 Å². The molecule has 19 heavy (non-hydrogen) atoms. The first-order valence-corrected chi connectivity index (χ1v) is 7.10. The lowest BCUT2D eigenvalue weighted by Gasteiger charge is -2.24. The Morgan fingerprint density at radius 2 is 2.16 bits per heavy atom. The van der Waals surface area contributed by atoms with Gasteiger partial charge in [-0.3, -0.25) is 4.79 Å². The van der Waals surface area contributed by atoms with E-state index in [-0.39, 0.29) is 5.78 Å². The van der Waals surface area contributed by atoms with Gasteiger partial charge in [0.2, 0.25) is 0 Å². The minimum Gasteiger partial charge on any atom is -0.378 e. The maximum atomic E-state index is 12.3. The molecule has 1 aliphatic heterocycles. The standard InChI is InChI=1S/C16H23NO2/c1-16(17,13-7-3-2-4-8-13)15(18)11-5-9-14-10-6-12-19-14/h2-4,7-8,14H,5-6,9-12,17H2,1H3. The van der Waals surface area contributed by atoms with Crippen LogP contribution in [0, 0.1) is 0 Å². The van der Waals surface area contributed by atoms with Gasteiger partial charge in [0, 0.05) is 13.0 Å². The fraction of sp³-hybridized carbons (Fsp3) is 0.562. The molecular formula is C16H23NO2. The molecule has 1 saturated heterocycles. The Labute approximate surface area is 115 Å². The number of ketones is 1. The summed E-state index contributed by atoms with van der Waals surface area (Å²) in [6, 6.07) is 9.59. The fourth-order valence-electron chi connectivity index (χ4n) is 2.57. The molecule has 1 aliphatic rings. The summed E-state index contributed by atoms with van der Waals surface area (Å²) < 4.78 is 5.56. The number of rotatable bonds is 6. The fourth-order valence-corrected chi connectivity index (χ4v) is 2.57. The number of hydrogen-bond donors (Lipinski definition) is 1. The van der Waals surface area contributed by atoms with Gasteiger partial charge in [0.15, 0.2) is 5.78 Å². The average Bonchev–Trinajstić information content (AvgIpc) is 2.93. The summed E-state index contributed by atoms with van der Waals surface area (Å²) in [5.41, 5.74) is 6.20. The van der Waals surface area contributed by atoms with Crippen LogP contribution in [0.1, 0.15) is 44.6 Å². The van der Waals surface area contributed by atoms with Crippen LogP contribution in [-0.4, -0.2) is 18.5 Å². The van der Waals surface area contributed by atoms with Gasteiger partial charge in [-0.2, -0.15) is 0 Å². The van der Waals surface area contributed by atoms with Gasteiger partial charge in [-0.15, -0.1) is 0 Å². The van der Waals surface area contributed by atoms with E-state index in [2.05, 4.69) is 0 Å². The van der Waals surface area contributed by atoms with E-state index in [0.29, 0.717) is 12.5 Å². The predicted molar refractivity (Wildman–Crippen MR) is 75.8 cm³/mol. The molecule has 0 amide bonds. The van der Waals surface area contributed by atoms with Crippen molar-refractivity contribution in [2.45, 2.75) is 50.7 Å². The van der Waals surface area contributed by atoms with E-state index in [4.69, 9.17) is 10.5 Å². The zero-order chi connectivity index (χ0) is 13.7. The second-order valence-electron chi connectivity index (χ2n) is 5.52. The highest BCUT2D eigenvalue weighted by Gasteiger charge is 2.29. The van der Waals surface area contributed by atoms with Crippen molar-refractivity contribution in [2.24, 2.45) is 5.73 Å². The zero-order valence-corrected chi connectivity index (χ0v) is 11.6. The Bertz CT molecular complexity index is 408. The van der Waals surface area contributed by atoms with Crippen LogP contribution in [0.4, 0.5) is 0 Å². The lowest BCUT2D eigenvalue weighted by atomic mass is 9.86. The van der Waals surface area contributed by atoms with Gasteiger partial charge in [-0.1, -0.05) is 30.3 Å². The first-order chi connectivity index (χ1) is 9.10. The molecule has 3 heteroatoms. The van der Waals surface area contributed by atoms with Crippen LogP contribution in [0.5, 0.6) is 0 Å². The normalized spacial score (nSPS) is 22.1. The summed E-state index contributed by atoms with van der Waals surface area (Å²) >= 11 is 0. The van der Waals surface area contributed by atoms with E-state index in [1.807, 2.05) is 30.3 Å². The van der Waals surface area contributed by atoms with Gasteiger partial charge in [0.05, 0.1) is 11.6 Å². The second-order valence-corrected chi connectivity index (χ2v) is 5.52. The summed E-state index contributed by atoms with van der Waals surface area (Å²) in [5.74, 6) is 0.108. The molecule has 0 aliphatic carbocycles. The molecule has 2 unspecified atom stereocenters. The monoisotopic (exact) mass is 261 g/mol. The summed E-state index contributed by atoms with van der Waals surface area (Å²) in [6.45, 7) is 2.67. The molecule has 3 nitrogen and oxygen atoms in total. The number of carbonyl (C=O) groups is 1. The van der Waals surface area contributed by atoms with Crippen molar-refractivity contribution in [2.75, 3.05) is 6.61 Å². The minimum atomic E-state index is -0.877. The van der Waals surface area contributed by atoms with Crippen molar-refractivity contribution in [3.63, 3.8) is 0 Å². The summed E-state index contributed by atoms with van der Waals surface area (Å²) in [6.07, 6.45) is 5.00. The Hall–Kier alpha value is -1.19. The number of carbonyl (C=O) groups excluding carboxylic acids is 1. The molecule has 1 heterocycles. The Morgan fingerprint density at radius 1 is 1.42 bits per heavy atom. The maximum Gasteiger partial charge on any atom is 0.156 e. The molecule has 0 radical (unpaired) electrons. The van der Waals surface area contributed by atoms with Crippen LogP contribution in [0.2, 0.25) is 0 Å². The SMILES string of the molecule is CC(N)(C(=O)CCCC1CCCO1)c1ccccc1. The Balaban J connectivity index is 1.84. The van der Waals surface area contributed by atoms with Crippen molar-refractivity contribution in [3.8, 4) is 0 Å². The molecular weight excluding hydrogens is 238 g/mol. The molecule has 2 rings (SSSR count). The van der Waals surface area contributed by atoms with Crippen LogP contribution < -0.4 is 5.73 Å². The molecule has 1 fully saturated rings. The van der Waals surface area contributed by atoms with Gasteiger partial charge < -0.3 is 10.5 Å². The molecule has 2 atom stereocenters. The van der Waals surface area contributed by atoms with E-state index in [1.54, 1.807) is 6.92 Å². The Kier molecular flexibility index (Phi) is 4.72. The number of Topliss-reactive ketones (excluding diaryl/α,β-unsaturated/α-hetero) is 1. The van der Waals surface area contributed by atoms with E-state index in [9.17, 15) is 4.79 Å². The minimum absolute atomic E-state index is 0.108. The third-order valence-electron chi connectivity index (χ3n) is 3.91. The predicted octanol–water partition coefficient (Wildman–Crippen LogP) is 2.78. The van der Waals surface area contributed by atoms with Gasteiger partial charge in [-0.05, 0) is 38.2 Å². The van der Waals surface area contributed by atoms with E-state index < -0.39 is 5.54 Å². The third-order valence-corrected chi connectivity index (χ3v) is 3.91. The summed E-state index contributed by atoms with van der Waals surface area (Å²) in [4.78, 5) is 12.3. The van der Waals surface area contributed by atoms with Crippen molar-refractivity contribution < 1.29 is 9.53 Å². The highest BCUT2D eigenvalue weighted by molar-refractivity contribution is 5.88. The van der Waals surface area contributed by atoms with Crippen molar-refractivity contribution in [1.29, 1.82) is 0 Å². The first kappa shape index (κ1) is 14.2. The molecule has 1 aromatic carbocycles. The highest BCUT2D eigenvalue weighted by Crippen LogP contribution is 2.23. The van der Waals surface area contributed by atoms with Gasteiger partial charge in [-0.25, -0.2) is 0 Å². The van der Waals surface area contributed by atoms with Crippen molar-refractivity contribution >= 4 is 5.78 Å². The molecule has 1 aromatic rings. The number of benzene rings is 1.